The molecule has 6 heteroatoms. The third-order valence-electron chi connectivity index (χ3n) is 7.72. The van der Waals surface area contributed by atoms with E-state index in [-0.39, 0.29) is 10.8 Å². The highest BCUT2D eigenvalue weighted by molar-refractivity contribution is 5.08. The summed E-state index contributed by atoms with van der Waals surface area (Å²) in [5, 5.41) is 0. The molecular weight excluding hydrogens is 332 g/mol. The Morgan fingerprint density at radius 3 is 1.15 bits per heavy atom. The minimum absolute atomic E-state index is 0.215. The van der Waals surface area contributed by atoms with Crippen LogP contribution in [0.1, 0.15) is 38.5 Å². The number of nitrogens with two attached hydrogens (primary N) is 2. The van der Waals surface area contributed by atoms with Crippen molar-refractivity contribution in [2.24, 2.45) is 34.1 Å². The van der Waals surface area contributed by atoms with E-state index in [1.807, 2.05) is 0 Å². The van der Waals surface area contributed by atoms with E-state index in [0.29, 0.717) is 36.3 Å². The van der Waals surface area contributed by atoms with E-state index >= 15 is 0 Å². The van der Waals surface area contributed by atoms with E-state index in [4.69, 9.17) is 30.4 Å². The van der Waals surface area contributed by atoms with Crippen LogP contribution in [0.25, 0.3) is 0 Å². The molecule has 0 spiro atoms. The number of hydrogen-bond acceptors (Lipinski definition) is 6. The van der Waals surface area contributed by atoms with Crippen LogP contribution in [0.2, 0.25) is 0 Å². The Balaban J connectivity index is 1.46. The molecule has 4 aliphatic heterocycles. The molecular formula is C20H34N2O4. The summed E-state index contributed by atoms with van der Waals surface area (Å²) in [5.74, 6) is 1.02. The molecule has 4 heterocycles. The molecule has 0 radical (unpaired) electrons. The van der Waals surface area contributed by atoms with Gasteiger partial charge in [0, 0.05) is 0 Å². The monoisotopic (exact) mass is 366 g/mol. The standard InChI is InChI=1S/C20H34N2O4/c21-6-13-1-14(7-22)20(4-17-10-25-17,5-18-11-26-18)12-19(13,2-15-8-23-15)3-16-9-24-16/h13-18H,1-12,21-22H2. The topological polar surface area (TPSA) is 102 Å². The number of epoxide rings is 4. The maximum absolute atomic E-state index is 6.33. The van der Waals surface area contributed by atoms with Crippen LogP contribution in [0.3, 0.4) is 0 Å². The first-order valence-electron chi connectivity index (χ1n) is 10.5. The fraction of sp³-hybridized carbons (Fsp3) is 1.00. The molecule has 4 saturated heterocycles. The van der Waals surface area contributed by atoms with Crippen molar-refractivity contribution in [3.05, 3.63) is 0 Å². The van der Waals surface area contributed by atoms with Crippen molar-refractivity contribution in [3.8, 4) is 0 Å². The zero-order valence-corrected chi connectivity index (χ0v) is 15.7. The van der Waals surface area contributed by atoms with Crippen LogP contribution in [0.15, 0.2) is 0 Å². The van der Waals surface area contributed by atoms with E-state index < -0.39 is 0 Å². The fourth-order valence-electron chi connectivity index (χ4n) is 6.20. The Labute approximate surface area is 156 Å². The van der Waals surface area contributed by atoms with Crippen LogP contribution in [0.4, 0.5) is 0 Å². The van der Waals surface area contributed by atoms with Gasteiger partial charge in [-0.15, -0.1) is 0 Å². The molecule has 0 amide bonds. The van der Waals surface area contributed by atoms with E-state index in [0.717, 1.165) is 71.6 Å². The summed E-state index contributed by atoms with van der Waals surface area (Å²) in [6.45, 7) is 5.13. The highest BCUT2D eigenvalue weighted by Gasteiger charge is 2.58. The molecule has 5 aliphatic rings. The summed E-state index contributed by atoms with van der Waals surface area (Å²) in [5.41, 5.74) is 13.1. The van der Waals surface area contributed by atoms with Crippen molar-refractivity contribution in [2.45, 2.75) is 62.9 Å². The Bertz CT molecular complexity index is 442. The largest absolute Gasteiger partial charge is 0.373 e. The zero-order chi connectivity index (χ0) is 17.8. The van der Waals surface area contributed by atoms with Gasteiger partial charge < -0.3 is 30.4 Å². The van der Waals surface area contributed by atoms with Crippen molar-refractivity contribution in [1.29, 1.82) is 0 Å². The van der Waals surface area contributed by atoms with Crippen LogP contribution in [0.5, 0.6) is 0 Å². The third-order valence-corrected chi connectivity index (χ3v) is 7.72. The van der Waals surface area contributed by atoms with Gasteiger partial charge in [-0.1, -0.05) is 0 Å². The van der Waals surface area contributed by atoms with Crippen LogP contribution in [-0.2, 0) is 18.9 Å². The van der Waals surface area contributed by atoms with Crippen LogP contribution < -0.4 is 11.5 Å². The van der Waals surface area contributed by atoms with Crippen LogP contribution in [-0.4, -0.2) is 63.9 Å². The Hall–Kier alpha value is -0.240. The van der Waals surface area contributed by atoms with Gasteiger partial charge in [0.25, 0.3) is 0 Å². The molecule has 1 saturated carbocycles. The van der Waals surface area contributed by atoms with Gasteiger partial charge in [0.15, 0.2) is 0 Å². The highest BCUT2D eigenvalue weighted by atomic mass is 16.6. The molecule has 5 rings (SSSR count). The maximum Gasteiger partial charge on any atom is 0.0815 e. The quantitative estimate of drug-likeness (QED) is 0.561. The molecule has 5 fully saturated rings. The lowest BCUT2D eigenvalue weighted by Crippen LogP contribution is -2.53. The minimum Gasteiger partial charge on any atom is -0.373 e. The fourth-order valence-corrected chi connectivity index (χ4v) is 6.20. The summed E-state index contributed by atoms with van der Waals surface area (Å²) in [4.78, 5) is 0. The molecule has 0 bridgehead atoms. The van der Waals surface area contributed by atoms with Crippen LogP contribution >= 0.6 is 0 Å². The lowest BCUT2D eigenvalue weighted by atomic mass is 9.48. The van der Waals surface area contributed by atoms with Crippen molar-refractivity contribution in [1.82, 2.24) is 0 Å². The summed E-state index contributed by atoms with van der Waals surface area (Å²) < 4.78 is 22.7. The number of ether oxygens (including phenoxy) is 4. The summed E-state index contributed by atoms with van der Waals surface area (Å²) in [6, 6.07) is 0. The normalized spacial score (nSPS) is 51.9. The van der Waals surface area contributed by atoms with Crippen LogP contribution in [0, 0.1) is 22.7 Å². The van der Waals surface area contributed by atoms with Crippen molar-refractivity contribution < 1.29 is 18.9 Å². The van der Waals surface area contributed by atoms with E-state index in [1.165, 1.54) is 6.42 Å². The predicted molar refractivity (Wildman–Crippen MR) is 96.6 cm³/mol. The van der Waals surface area contributed by atoms with E-state index in [2.05, 4.69) is 0 Å². The Morgan fingerprint density at radius 1 is 0.615 bits per heavy atom. The first-order chi connectivity index (χ1) is 12.6. The first-order valence-corrected chi connectivity index (χ1v) is 10.5. The molecule has 4 N–H and O–H groups in total. The second-order valence-corrected chi connectivity index (χ2v) is 9.64. The van der Waals surface area contributed by atoms with Gasteiger partial charge in [-0.25, -0.2) is 0 Å². The molecule has 6 atom stereocenters. The Morgan fingerprint density at radius 2 is 0.923 bits per heavy atom. The van der Waals surface area contributed by atoms with Gasteiger partial charge >= 0.3 is 0 Å². The molecule has 26 heavy (non-hydrogen) atoms. The molecule has 148 valence electrons. The van der Waals surface area contributed by atoms with Crippen molar-refractivity contribution in [3.63, 3.8) is 0 Å². The lowest BCUT2D eigenvalue weighted by molar-refractivity contribution is -0.0727. The average Bonchev–Trinajstić information content (AvgIpc) is 3.43. The van der Waals surface area contributed by atoms with Gasteiger partial charge in [-0.3, -0.25) is 0 Å². The molecule has 6 nitrogen and oxygen atoms in total. The van der Waals surface area contributed by atoms with Gasteiger partial charge in [0.2, 0.25) is 0 Å². The number of hydrogen-bond donors (Lipinski definition) is 2. The number of rotatable bonds is 10. The lowest BCUT2D eigenvalue weighted by Gasteiger charge is -2.56. The van der Waals surface area contributed by atoms with Gasteiger partial charge in [0.05, 0.1) is 50.8 Å². The van der Waals surface area contributed by atoms with Crippen molar-refractivity contribution in [2.75, 3.05) is 39.5 Å². The predicted octanol–water partition coefficient (Wildman–Crippen LogP) is 1.06. The van der Waals surface area contributed by atoms with E-state index in [1.54, 1.807) is 0 Å². The zero-order valence-electron chi connectivity index (χ0n) is 15.7. The third kappa shape index (κ3) is 3.69. The molecule has 6 unspecified atom stereocenters. The van der Waals surface area contributed by atoms with Crippen molar-refractivity contribution >= 4 is 0 Å². The maximum atomic E-state index is 6.33. The molecule has 0 aromatic heterocycles. The first kappa shape index (κ1) is 17.8. The second-order valence-electron chi connectivity index (χ2n) is 9.64. The summed E-state index contributed by atoms with van der Waals surface area (Å²) >= 11 is 0. The van der Waals surface area contributed by atoms with Gasteiger partial charge in [-0.2, -0.15) is 0 Å². The minimum atomic E-state index is 0.215. The Kier molecular flexibility index (Phi) is 4.58. The smallest absolute Gasteiger partial charge is 0.0815 e. The van der Waals surface area contributed by atoms with E-state index in [9.17, 15) is 0 Å². The van der Waals surface area contributed by atoms with Gasteiger partial charge in [-0.05, 0) is 74.3 Å². The summed E-state index contributed by atoms with van der Waals surface area (Å²) in [7, 11) is 0. The van der Waals surface area contributed by atoms with Gasteiger partial charge in [0.1, 0.15) is 0 Å². The average molecular weight is 367 g/mol. The molecule has 0 aromatic carbocycles. The second kappa shape index (κ2) is 6.68. The molecule has 0 aromatic rings. The SMILES string of the molecule is NCC1CC(CN)C(CC2CO2)(CC2CO2)CC1(CC1CO1)CC1CO1. The molecule has 1 aliphatic carbocycles. The summed E-state index contributed by atoms with van der Waals surface area (Å²) in [6.07, 6.45) is 8.52. The highest BCUT2D eigenvalue weighted by Crippen LogP contribution is 2.62.